The van der Waals surface area contributed by atoms with E-state index in [1.165, 1.54) is 22.9 Å². The Morgan fingerprint density at radius 2 is 1.82 bits per heavy atom. The minimum absolute atomic E-state index is 0.137. The average molecular weight is 492 g/mol. The fourth-order valence-electron chi connectivity index (χ4n) is 3.75. The largest absolute Gasteiger partial charge is 0.325 e. The molecular formula is C26H26ClN5OS. The van der Waals surface area contributed by atoms with Gasteiger partial charge in [-0.2, -0.15) is 0 Å². The number of halogens is 1. The van der Waals surface area contributed by atoms with Crippen LogP contribution in [0.3, 0.4) is 0 Å². The van der Waals surface area contributed by atoms with Crippen molar-refractivity contribution in [1.29, 1.82) is 0 Å². The Bertz CT molecular complexity index is 1280. The first-order valence-electron chi connectivity index (χ1n) is 11.2. The Morgan fingerprint density at radius 1 is 1.06 bits per heavy atom. The van der Waals surface area contributed by atoms with E-state index in [-0.39, 0.29) is 11.7 Å². The van der Waals surface area contributed by atoms with Crippen LogP contribution in [-0.4, -0.2) is 31.4 Å². The molecule has 2 aromatic carbocycles. The number of rotatable bonds is 8. The highest BCUT2D eigenvalue weighted by molar-refractivity contribution is 7.99. The number of carbonyl (C=O) groups excluding carboxylic acids is 1. The molecule has 0 aliphatic rings. The molecule has 0 aliphatic heterocycles. The number of carbonyl (C=O) groups is 1. The minimum Gasteiger partial charge on any atom is -0.325 e. The second kappa shape index (κ2) is 10.8. The summed E-state index contributed by atoms with van der Waals surface area (Å²) in [6.07, 6.45) is 5.25. The van der Waals surface area contributed by atoms with Gasteiger partial charge in [-0.3, -0.25) is 14.3 Å². The molecule has 174 valence electrons. The van der Waals surface area contributed by atoms with Crippen LogP contribution >= 0.6 is 23.4 Å². The number of aryl methyl sites for hydroxylation is 3. The molecule has 8 heteroatoms. The molecule has 0 saturated carbocycles. The van der Waals surface area contributed by atoms with Crippen molar-refractivity contribution in [2.45, 2.75) is 38.8 Å². The van der Waals surface area contributed by atoms with E-state index in [9.17, 15) is 4.79 Å². The Labute approximate surface area is 208 Å². The molecule has 4 aromatic rings. The maximum Gasteiger partial charge on any atom is 0.234 e. The molecule has 0 fully saturated rings. The molecule has 0 unspecified atom stereocenters. The van der Waals surface area contributed by atoms with Gasteiger partial charge in [0, 0.05) is 28.7 Å². The summed E-state index contributed by atoms with van der Waals surface area (Å²) in [6, 6.07) is 15.7. The normalized spacial score (nSPS) is 10.9. The van der Waals surface area contributed by atoms with Crippen LogP contribution in [0.2, 0.25) is 5.02 Å². The molecule has 1 N–H and O–H groups in total. The van der Waals surface area contributed by atoms with Crippen molar-refractivity contribution in [2.75, 3.05) is 11.1 Å². The maximum absolute atomic E-state index is 12.7. The Morgan fingerprint density at radius 3 is 2.47 bits per heavy atom. The SMILES string of the molecule is CCc1cccc(CC)c1-n1c(SCC(=O)Nc2ccc(C)c(Cl)c2)nnc1-c1cccnc1. The highest BCUT2D eigenvalue weighted by Crippen LogP contribution is 2.32. The van der Waals surface area contributed by atoms with Gasteiger partial charge in [-0.05, 0) is 60.7 Å². The van der Waals surface area contributed by atoms with Crippen LogP contribution in [0.15, 0.2) is 66.1 Å². The van der Waals surface area contributed by atoms with E-state index in [0.717, 1.165) is 29.7 Å². The summed E-state index contributed by atoms with van der Waals surface area (Å²) in [5.41, 5.74) is 5.97. The number of para-hydroxylation sites is 1. The lowest BCUT2D eigenvalue weighted by molar-refractivity contribution is -0.113. The van der Waals surface area contributed by atoms with Crippen molar-refractivity contribution in [3.05, 3.63) is 82.6 Å². The van der Waals surface area contributed by atoms with Gasteiger partial charge in [-0.15, -0.1) is 10.2 Å². The number of amides is 1. The third-order valence-electron chi connectivity index (χ3n) is 5.53. The number of nitrogens with zero attached hydrogens (tertiary/aromatic N) is 4. The van der Waals surface area contributed by atoms with Crippen molar-refractivity contribution < 1.29 is 4.79 Å². The molecule has 2 heterocycles. The smallest absolute Gasteiger partial charge is 0.234 e. The molecule has 0 aliphatic carbocycles. The first kappa shape index (κ1) is 24.0. The molecule has 0 radical (unpaired) electrons. The number of hydrogen-bond acceptors (Lipinski definition) is 5. The van der Waals surface area contributed by atoms with E-state index < -0.39 is 0 Å². The molecule has 0 atom stereocenters. The van der Waals surface area contributed by atoms with Crippen LogP contribution in [0.25, 0.3) is 17.1 Å². The lowest BCUT2D eigenvalue weighted by atomic mass is 10.0. The number of hydrogen-bond donors (Lipinski definition) is 1. The van der Waals surface area contributed by atoms with Crippen molar-refractivity contribution in [2.24, 2.45) is 0 Å². The summed E-state index contributed by atoms with van der Waals surface area (Å²) in [5, 5.41) is 13.2. The summed E-state index contributed by atoms with van der Waals surface area (Å²) in [7, 11) is 0. The van der Waals surface area contributed by atoms with Crippen LogP contribution in [0.5, 0.6) is 0 Å². The summed E-state index contributed by atoms with van der Waals surface area (Å²) < 4.78 is 2.06. The van der Waals surface area contributed by atoms with Crippen LogP contribution in [0.1, 0.15) is 30.5 Å². The molecular weight excluding hydrogens is 466 g/mol. The summed E-state index contributed by atoms with van der Waals surface area (Å²) in [5.74, 6) is 0.755. The topological polar surface area (TPSA) is 72.7 Å². The van der Waals surface area contributed by atoms with Crippen LogP contribution in [0, 0.1) is 6.92 Å². The van der Waals surface area contributed by atoms with Crippen molar-refractivity contribution in [3.8, 4) is 17.1 Å². The number of anilines is 1. The van der Waals surface area contributed by atoms with Crippen LogP contribution in [0.4, 0.5) is 5.69 Å². The lowest BCUT2D eigenvalue weighted by Gasteiger charge is -2.18. The average Bonchev–Trinajstić information content (AvgIpc) is 3.28. The van der Waals surface area contributed by atoms with E-state index in [0.29, 0.717) is 21.7 Å². The number of aromatic nitrogens is 4. The van der Waals surface area contributed by atoms with Gasteiger partial charge < -0.3 is 5.32 Å². The quantitative estimate of drug-likeness (QED) is 0.299. The Balaban J connectivity index is 1.68. The predicted octanol–water partition coefficient (Wildman–Crippen LogP) is 6.15. The van der Waals surface area contributed by atoms with E-state index >= 15 is 0 Å². The van der Waals surface area contributed by atoms with Crippen LogP contribution < -0.4 is 5.32 Å². The Kier molecular flexibility index (Phi) is 7.65. The molecule has 0 spiro atoms. The molecule has 2 aromatic heterocycles. The van der Waals surface area contributed by atoms with Gasteiger partial charge in [0.15, 0.2) is 11.0 Å². The third kappa shape index (κ3) is 5.16. The third-order valence-corrected chi connectivity index (χ3v) is 6.87. The van der Waals surface area contributed by atoms with Gasteiger partial charge in [0.2, 0.25) is 5.91 Å². The maximum atomic E-state index is 12.7. The van der Waals surface area contributed by atoms with E-state index in [1.54, 1.807) is 18.5 Å². The number of nitrogens with one attached hydrogen (secondary N) is 1. The first-order valence-corrected chi connectivity index (χ1v) is 12.5. The minimum atomic E-state index is -0.137. The predicted molar refractivity (Wildman–Crippen MR) is 139 cm³/mol. The van der Waals surface area contributed by atoms with Crippen molar-refractivity contribution in [1.82, 2.24) is 19.7 Å². The zero-order valence-corrected chi connectivity index (χ0v) is 21.0. The monoisotopic (exact) mass is 491 g/mol. The van der Waals surface area contributed by atoms with E-state index in [1.807, 2.05) is 31.2 Å². The van der Waals surface area contributed by atoms with Gasteiger partial charge in [0.05, 0.1) is 11.4 Å². The van der Waals surface area contributed by atoms with E-state index in [4.69, 9.17) is 11.6 Å². The first-order chi connectivity index (χ1) is 16.5. The van der Waals surface area contributed by atoms with E-state index in [2.05, 4.69) is 57.1 Å². The van der Waals surface area contributed by atoms with Gasteiger partial charge in [-0.25, -0.2) is 0 Å². The zero-order valence-electron chi connectivity index (χ0n) is 19.4. The fraction of sp³-hybridized carbons (Fsp3) is 0.231. The highest BCUT2D eigenvalue weighted by atomic mass is 35.5. The second-order valence-electron chi connectivity index (χ2n) is 7.82. The number of pyridine rings is 1. The van der Waals surface area contributed by atoms with Crippen molar-refractivity contribution in [3.63, 3.8) is 0 Å². The molecule has 0 bridgehead atoms. The van der Waals surface area contributed by atoms with Gasteiger partial charge in [0.25, 0.3) is 0 Å². The summed E-state index contributed by atoms with van der Waals surface area (Å²) in [6.45, 7) is 6.20. The van der Waals surface area contributed by atoms with Crippen molar-refractivity contribution >= 4 is 35.0 Å². The van der Waals surface area contributed by atoms with Gasteiger partial charge in [0.1, 0.15) is 0 Å². The van der Waals surface area contributed by atoms with Crippen LogP contribution in [-0.2, 0) is 17.6 Å². The lowest BCUT2D eigenvalue weighted by Crippen LogP contribution is -2.15. The highest BCUT2D eigenvalue weighted by Gasteiger charge is 2.21. The fourth-order valence-corrected chi connectivity index (χ4v) is 4.67. The summed E-state index contributed by atoms with van der Waals surface area (Å²) >= 11 is 7.55. The molecule has 4 rings (SSSR count). The molecule has 6 nitrogen and oxygen atoms in total. The zero-order chi connectivity index (χ0) is 24.1. The number of benzene rings is 2. The second-order valence-corrected chi connectivity index (χ2v) is 9.17. The molecule has 34 heavy (non-hydrogen) atoms. The standard InChI is InChI=1S/C26H26ClN5OS/c1-4-18-8-6-9-19(5-2)24(18)32-25(20-10-7-13-28-15-20)30-31-26(32)34-16-23(33)29-21-12-11-17(3)22(27)14-21/h6-15H,4-5,16H2,1-3H3,(H,29,33). The number of thioether (sulfide) groups is 1. The molecule has 0 saturated heterocycles. The van der Waals surface area contributed by atoms with Gasteiger partial charge >= 0.3 is 0 Å². The Hall–Kier alpha value is -3.16. The summed E-state index contributed by atoms with van der Waals surface area (Å²) in [4.78, 5) is 17.0. The molecule has 1 amide bonds. The van der Waals surface area contributed by atoms with Gasteiger partial charge in [-0.1, -0.05) is 61.5 Å².